The highest BCUT2D eigenvalue weighted by atomic mass is 35.5. The molecule has 1 aromatic heterocycles. The van der Waals surface area contributed by atoms with Crippen LogP contribution in [0.3, 0.4) is 0 Å². The maximum atomic E-state index is 14.1. The van der Waals surface area contributed by atoms with Gasteiger partial charge in [0.15, 0.2) is 6.17 Å². The van der Waals surface area contributed by atoms with Crippen molar-refractivity contribution in [2.75, 3.05) is 0 Å². The number of hydrogen-bond donors (Lipinski definition) is 0. The van der Waals surface area contributed by atoms with Crippen molar-refractivity contribution in [1.82, 2.24) is 4.57 Å². The summed E-state index contributed by atoms with van der Waals surface area (Å²) >= 11 is 12.6. The number of aromatic nitrogens is 1. The molecule has 1 aliphatic carbocycles. The first kappa shape index (κ1) is 15.7. The highest BCUT2D eigenvalue weighted by molar-refractivity contribution is 6.45. The normalized spacial score (nSPS) is 17.3. The highest BCUT2D eigenvalue weighted by Crippen LogP contribution is 2.41. The number of nitrogens with zero attached hydrogens (tertiary/aromatic N) is 1. The molecule has 2 nitrogen and oxygen atoms in total. The molecule has 0 amide bonds. The Labute approximate surface area is 148 Å². The molecule has 1 heterocycles. The lowest BCUT2D eigenvalue weighted by Crippen LogP contribution is -2.25. The summed E-state index contributed by atoms with van der Waals surface area (Å²) in [5.74, 6) is -0.486. The molecule has 2 aromatic carbocycles. The average molecular weight is 362 g/mol. The van der Waals surface area contributed by atoms with Gasteiger partial charge in [0.25, 0.3) is 0 Å². The Morgan fingerprint density at radius 3 is 2.54 bits per heavy atom. The van der Waals surface area contributed by atoms with Crippen LogP contribution in [-0.2, 0) is 6.42 Å². The SMILES string of the molecule is Cc1ccc(-n2c3c(c4c(Cl)c(Cl)ccc42)CCC(F)C3=O)cc1. The third-order valence-corrected chi connectivity index (χ3v) is 5.39. The molecule has 0 N–H and O–H groups in total. The number of aryl methyl sites for hydroxylation is 2. The van der Waals surface area contributed by atoms with Crippen LogP contribution in [-0.4, -0.2) is 16.5 Å². The molecule has 1 atom stereocenters. The van der Waals surface area contributed by atoms with Crippen molar-refractivity contribution in [2.45, 2.75) is 25.9 Å². The zero-order valence-electron chi connectivity index (χ0n) is 12.9. The van der Waals surface area contributed by atoms with Gasteiger partial charge in [-0.25, -0.2) is 4.39 Å². The van der Waals surface area contributed by atoms with Crippen LogP contribution in [0.4, 0.5) is 4.39 Å². The first-order chi connectivity index (χ1) is 11.5. The highest BCUT2D eigenvalue weighted by Gasteiger charge is 2.34. The van der Waals surface area contributed by atoms with E-state index in [2.05, 4.69) is 0 Å². The van der Waals surface area contributed by atoms with E-state index in [9.17, 15) is 9.18 Å². The van der Waals surface area contributed by atoms with Crippen LogP contribution in [0, 0.1) is 6.92 Å². The fourth-order valence-corrected chi connectivity index (χ4v) is 3.83. The summed E-state index contributed by atoms with van der Waals surface area (Å²) in [6, 6.07) is 11.3. The predicted molar refractivity (Wildman–Crippen MR) is 95.6 cm³/mol. The van der Waals surface area contributed by atoms with Gasteiger partial charge in [-0.1, -0.05) is 40.9 Å². The topological polar surface area (TPSA) is 22.0 Å². The Morgan fingerprint density at radius 1 is 1.12 bits per heavy atom. The fraction of sp³-hybridized carbons (Fsp3) is 0.211. The first-order valence-corrected chi connectivity index (χ1v) is 8.51. The predicted octanol–water partition coefficient (Wildman–Crippen LogP) is 5.71. The van der Waals surface area contributed by atoms with Gasteiger partial charge in [-0.3, -0.25) is 4.79 Å². The van der Waals surface area contributed by atoms with Gasteiger partial charge in [0.05, 0.1) is 21.3 Å². The molecule has 0 fully saturated rings. The van der Waals surface area contributed by atoms with Crippen molar-refractivity contribution in [3.05, 3.63) is 63.3 Å². The van der Waals surface area contributed by atoms with Gasteiger partial charge in [-0.15, -0.1) is 0 Å². The maximum Gasteiger partial charge on any atom is 0.213 e. The van der Waals surface area contributed by atoms with Crippen LogP contribution < -0.4 is 0 Å². The minimum absolute atomic E-state index is 0.182. The first-order valence-electron chi connectivity index (χ1n) is 7.75. The number of carbonyl (C=O) groups excluding carboxylic acids is 1. The van der Waals surface area contributed by atoms with E-state index >= 15 is 0 Å². The van der Waals surface area contributed by atoms with E-state index in [4.69, 9.17) is 23.2 Å². The largest absolute Gasteiger partial charge is 0.306 e. The second-order valence-corrected chi connectivity index (χ2v) is 6.91. The molecular formula is C19H14Cl2FNO. The summed E-state index contributed by atoms with van der Waals surface area (Å²) < 4.78 is 15.9. The standard InChI is InChI=1S/C19H14Cl2FNO/c1-10-2-4-11(5-3-10)23-15-9-7-13(20)17(21)16(15)12-6-8-14(22)19(24)18(12)23/h2-5,7,9,14H,6,8H2,1H3. The van der Waals surface area contributed by atoms with Crippen LogP contribution in [0.25, 0.3) is 16.6 Å². The molecule has 122 valence electrons. The molecule has 0 bridgehead atoms. The minimum Gasteiger partial charge on any atom is -0.306 e. The molecule has 1 aliphatic rings. The van der Waals surface area contributed by atoms with E-state index in [1.54, 1.807) is 10.6 Å². The van der Waals surface area contributed by atoms with E-state index in [-0.39, 0.29) is 6.42 Å². The second kappa shape index (κ2) is 5.61. The van der Waals surface area contributed by atoms with Crippen molar-refractivity contribution < 1.29 is 9.18 Å². The van der Waals surface area contributed by atoms with Crippen LogP contribution in [0.15, 0.2) is 36.4 Å². The molecule has 0 saturated carbocycles. The van der Waals surface area contributed by atoms with E-state index in [1.807, 2.05) is 37.3 Å². The second-order valence-electron chi connectivity index (χ2n) is 6.12. The number of ketones is 1. The maximum absolute atomic E-state index is 14.1. The van der Waals surface area contributed by atoms with Gasteiger partial charge in [0.2, 0.25) is 5.78 Å². The molecule has 0 aliphatic heterocycles. The van der Waals surface area contributed by atoms with Crippen molar-refractivity contribution in [3.63, 3.8) is 0 Å². The van der Waals surface area contributed by atoms with Gasteiger partial charge in [0, 0.05) is 11.1 Å². The van der Waals surface area contributed by atoms with Crippen molar-refractivity contribution in [2.24, 2.45) is 0 Å². The third kappa shape index (κ3) is 2.19. The summed E-state index contributed by atoms with van der Waals surface area (Å²) in [5, 5.41) is 1.60. The van der Waals surface area contributed by atoms with E-state index in [1.165, 1.54) is 0 Å². The summed E-state index contributed by atoms with van der Waals surface area (Å²) in [6.07, 6.45) is -0.820. The molecule has 3 aromatic rings. The zero-order valence-corrected chi connectivity index (χ0v) is 14.5. The van der Waals surface area contributed by atoms with Crippen LogP contribution >= 0.6 is 23.2 Å². The van der Waals surface area contributed by atoms with Crippen LogP contribution in [0.2, 0.25) is 10.0 Å². The quantitative estimate of drug-likeness (QED) is 0.543. The number of benzene rings is 2. The molecule has 1 unspecified atom stereocenters. The molecule has 4 rings (SSSR count). The Balaban J connectivity index is 2.14. The van der Waals surface area contributed by atoms with E-state index in [0.717, 1.165) is 27.7 Å². The Hall–Kier alpha value is -1.84. The number of rotatable bonds is 1. The van der Waals surface area contributed by atoms with Gasteiger partial charge in [-0.05, 0) is 49.6 Å². The van der Waals surface area contributed by atoms with Crippen molar-refractivity contribution in [3.8, 4) is 5.69 Å². The third-order valence-electron chi connectivity index (χ3n) is 4.58. The number of alkyl halides is 1. The zero-order chi connectivity index (χ0) is 17.0. The lowest BCUT2D eigenvalue weighted by Gasteiger charge is -2.18. The minimum atomic E-state index is -1.47. The molecule has 0 spiro atoms. The number of halogens is 3. The summed E-state index contributed by atoms with van der Waals surface area (Å²) in [5.41, 5.74) is 3.88. The van der Waals surface area contributed by atoms with Gasteiger partial charge >= 0.3 is 0 Å². The summed E-state index contributed by atoms with van der Waals surface area (Å²) in [7, 11) is 0. The van der Waals surface area contributed by atoms with Crippen molar-refractivity contribution in [1.29, 1.82) is 0 Å². The smallest absolute Gasteiger partial charge is 0.213 e. The van der Waals surface area contributed by atoms with E-state index < -0.39 is 12.0 Å². The monoisotopic (exact) mass is 361 g/mol. The lowest BCUT2D eigenvalue weighted by molar-refractivity contribution is 0.0849. The Bertz CT molecular complexity index is 975. The number of fused-ring (bicyclic) bond motifs is 3. The van der Waals surface area contributed by atoms with Gasteiger partial charge in [0.1, 0.15) is 0 Å². The fourth-order valence-electron chi connectivity index (χ4n) is 3.40. The van der Waals surface area contributed by atoms with E-state index in [0.29, 0.717) is 22.2 Å². The lowest BCUT2D eigenvalue weighted by atomic mass is 9.93. The van der Waals surface area contributed by atoms with Gasteiger partial charge < -0.3 is 4.57 Å². The molecule has 5 heteroatoms. The number of hydrogen-bond acceptors (Lipinski definition) is 1. The van der Waals surface area contributed by atoms with Crippen molar-refractivity contribution >= 4 is 39.9 Å². The molecule has 0 saturated heterocycles. The van der Waals surface area contributed by atoms with Crippen LogP contribution in [0.5, 0.6) is 0 Å². The van der Waals surface area contributed by atoms with Crippen LogP contribution in [0.1, 0.15) is 28.0 Å². The Kier molecular flexibility index (Phi) is 3.66. The van der Waals surface area contributed by atoms with Gasteiger partial charge in [-0.2, -0.15) is 0 Å². The molecule has 24 heavy (non-hydrogen) atoms. The average Bonchev–Trinajstić information content (AvgIpc) is 2.91. The summed E-state index contributed by atoms with van der Waals surface area (Å²) in [4.78, 5) is 12.6. The molecule has 0 radical (unpaired) electrons. The number of Topliss-reactive ketones (excluding diaryl/α,β-unsaturated/α-hetero) is 1. The molecular weight excluding hydrogens is 348 g/mol. The summed E-state index contributed by atoms with van der Waals surface area (Å²) in [6.45, 7) is 1.99. The number of carbonyl (C=O) groups is 1. The Morgan fingerprint density at radius 2 is 1.83 bits per heavy atom.